The quantitative estimate of drug-likeness (QED) is 0.628. The Hall–Kier alpha value is -2.23. The molecule has 1 aliphatic rings. The van der Waals surface area contributed by atoms with E-state index < -0.39 is 24.6 Å². The monoisotopic (exact) mass is 253 g/mol. The fourth-order valence-corrected chi connectivity index (χ4v) is 1.69. The SMILES string of the molecule is C#CCN(CC(=O)O)C(=O)N1CCNC(=O)C1C. The van der Waals surface area contributed by atoms with Gasteiger partial charge in [0, 0.05) is 13.1 Å². The first-order valence-corrected chi connectivity index (χ1v) is 5.46. The number of amides is 3. The summed E-state index contributed by atoms with van der Waals surface area (Å²) in [5.41, 5.74) is 0. The van der Waals surface area contributed by atoms with Crippen LogP contribution >= 0.6 is 0 Å². The van der Waals surface area contributed by atoms with E-state index in [1.54, 1.807) is 6.92 Å². The highest BCUT2D eigenvalue weighted by Crippen LogP contribution is 2.08. The van der Waals surface area contributed by atoms with E-state index in [1.165, 1.54) is 4.90 Å². The summed E-state index contributed by atoms with van der Waals surface area (Å²) in [6.45, 7) is 1.70. The second-order valence-electron chi connectivity index (χ2n) is 3.90. The minimum Gasteiger partial charge on any atom is -0.480 e. The smallest absolute Gasteiger partial charge is 0.323 e. The minimum atomic E-state index is -1.15. The van der Waals surface area contributed by atoms with E-state index in [4.69, 9.17) is 11.5 Å². The van der Waals surface area contributed by atoms with Crippen molar-refractivity contribution in [1.82, 2.24) is 15.1 Å². The van der Waals surface area contributed by atoms with Crippen molar-refractivity contribution in [2.75, 3.05) is 26.2 Å². The van der Waals surface area contributed by atoms with Crippen LogP contribution in [0.5, 0.6) is 0 Å². The number of hydrogen-bond donors (Lipinski definition) is 2. The molecule has 7 nitrogen and oxygen atoms in total. The zero-order valence-electron chi connectivity index (χ0n) is 10.0. The molecule has 18 heavy (non-hydrogen) atoms. The van der Waals surface area contributed by atoms with E-state index in [0.29, 0.717) is 13.1 Å². The highest BCUT2D eigenvalue weighted by atomic mass is 16.4. The third kappa shape index (κ3) is 3.13. The maximum atomic E-state index is 12.1. The average molecular weight is 253 g/mol. The van der Waals surface area contributed by atoms with Gasteiger partial charge >= 0.3 is 12.0 Å². The van der Waals surface area contributed by atoms with Crippen LogP contribution in [0.2, 0.25) is 0 Å². The zero-order valence-corrected chi connectivity index (χ0v) is 10.0. The van der Waals surface area contributed by atoms with Crippen molar-refractivity contribution in [2.45, 2.75) is 13.0 Å². The van der Waals surface area contributed by atoms with Gasteiger partial charge in [-0.1, -0.05) is 5.92 Å². The first-order valence-electron chi connectivity index (χ1n) is 5.46. The normalized spacial score (nSPS) is 18.8. The number of aliphatic carboxylic acids is 1. The summed E-state index contributed by atoms with van der Waals surface area (Å²) >= 11 is 0. The number of piperazine rings is 1. The van der Waals surface area contributed by atoms with Gasteiger partial charge in [-0.25, -0.2) is 4.79 Å². The van der Waals surface area contributed by atoms with Crippen molar-refractivity contribution in [2.24, 2.45) is 0 Å². The lowest BCUT2D eigenvalue weighted by Crippen LogP contribution is -2.59. The summed E-state index contributed by atoms with van der Waals surface area (Å²) in [7, 11) is 0. The summed E-state index contributed by atoms with van der Waals surface area (Å²) in [6.07, 6.45) is 5.10. The van der Waals surface area contributed by atoms with E-state index in [2.05, 4.69) is 11.2 Å². The second kappa shape index (κ2) is 5.91. The molecule has 1 saturated heterocycles. The van der Waals surface area contributed by atoms with E-state index in [-0.39, 0.29) is 12.5 Å². The topological polar surface area (TPSA) is 90.0 Å². The molecule has 1 heterocycles. The number of nitrogens with one attached hydrogen (secondary N) is 1. The van der Waals surface area contributed by atoms with Gasteiger partial charge in [-0.3, -0.25) is 9.59 Å². The highest BCUT2D eigenvalue weighted by molar-refractivity contribution is 5.89. The molecule has 0 saturated carbocycles. The number of carboxylic acid groups (broad SMARTS) is 1. The number of carbonyl (C=O) groups is 3. The van der Waals surface area contributed by atoms with Crippen molar-refractivity contribution in [3.63, 3.8) is 0 Å². The van der Waals surface area contributed by atoms with Gasteiger partial charge in [0.15, 0.2) is 0 Å². The maximum absolute atomic E-state index is 12.1. The molecule has 98 valence electrons. The third-order valence-electron chi connectivity index (χ3n) is 2.62. The Bertz CT molecular complexity index is 402. The lowest BCUT2D eigenvalue weighted by molar-refractivity contribution is -0.137. The average Bonchev–Trinajstić information content (AvgIpc) is 2.31. The minimum absolute atomic E-state index is 0.101. The molecule has 7 heteroatoms. The van der Waals surface area contributed by atoms with Crippen LogP contribution in [-0.2, 0) is 9.59 Å². The van der Waals surface area contributed by atoms with Crippen LogP contribution in [0.25, 0.3) is 0 Å². The molecule has 1 unspecified atom stereocenters. The maximum Gasteiger partial charge on any atom is 0.323 e. The fourth-order valence-electron chi connectivity index (χ4n) is 1.69. The molecule has 0 aromatic rings. The van der Waals surface area contributed by atoms with E-state index >= 15 is 0 Å². The van der Waals surface area contributed by atoms with Crippen LogP contribution in [0.15, 0.2) is 0 Å². The lowest BCUT2D eigenvalue weighted by atomic mass is 10.2. The summed E-state index contributed by atoms with van der Waals surface area (Å²) in [4.78, 5) is 36.5. The number of terminal acetylenes is 1. The predicted molar refractivity (Wildman–Crippen MR) is 62.6 cm³/mol. The number of hydrogen-bond acceptors (Lipinski definition) is 3. The molecule has 0 aromatic carbocycles. The van der Waals surface area contributed by atoms with Crippen LogP contribution in [-0.4, -0.2) is 65.0 Å². The summed E-state index contributed by atoms with van der Waals surface area (Å²) in [6, 6.07) is -1.15. The predicted octanol–water partition coefficient (Wildman–Crippen LogP) is -1.05. The van der Waals surface area contributed by atoms with Gasteiger partial charge in [-0.15, -0.1) is 6.42 Å². The Balaban J connectivity index is 2.78. The highest BCUT2D eigenvalue weighted by Gasteiger charge is 2.32. The molecule has 1 atom stereocenters. The van der Waals surface area contributed by atoms with E-state index in [0.717, 1.165) is 4.90 Å². The standard InChI is InChI=1S/C11H15N3O4/c1-3-5-13(7-9(15)16)11(18)14-6-4-12-10(17)8(14)2/h1,8H,4-7H2,2H3,(H,12,17)(H,15,16). The van der Waals surface area contributed by atoms with E-state index in [9.17, 15) is 14.4 Å². The molecule has 1 fully saturated rings. The second-order valence-corrected chi connectivity index (χ2v) is 3.90. The fraction of sp³-hybridized carbons (Fsp3) is 0.545. The molecule has 0 radical (unpaired) electrons. The summed E-state index contributed by atoms with van der Waals surface area (Å²) < 4.78 is 0. The first kappa shape index (κ1) is 13.8. The molecule has 0 spiro atoms. The van der Waals surface area contributed by atoms with Crippen molar-refractivity contribution in [3.05, 3.63) is 0 Å². The molecule has 2 N–H and O–H groups in total. The first-order chi connectivity index (χ1) is 8.47. The van der Waals surface area contributed by atoms with Crippen molar-refractivity contribution < 1.29 is 19.5 Å². The summed E-state index contributed by atoms with van der Waals surface area (Å²) in [5.74, 6) is 0.829. The molecule has 0 aliphatic carbocycles. The number of carboxylic acids is 1. The van der Waals surface area contributed by atoms with Crippen LogP contribution in [0.1, 0.15) is 6.92 Å². The van der Waals surface area contributed by atoms with Crippen LogP contribution in [0.3, 0.4) is 0 Å². The van der Waals surface area contributed by atoms with Crippen molar-refractivity contribution >= 4 is 17.9 Å². The Morgan fingerprint density at radius 1 is 1.67 bits per heavy atom. The largest absolute Gasteiger partial charge is 0.480 e. The van der Waals surface area contributed by atoms with Gasteiger partial charge in [0.25, 0.3) is 0 Å². The summed E-state index contributed by atoms with van der Waals surface area (Å²) in [5, 5.41) is 11.3. The van der Waals surface area contributed by atoms with Crippen LogP contribution < -0.4 is 5.32 Å². The molecule has 0 bridgehead atoms. The Morgan fingerprint density at radius 2 is 2.33 bits per heavy atom. The lowest BCUT2D eigenvalue weighted by Gasteiger charge is -2.35. The van der Waals surface area contributed by atoms with Gasteiger partial charge in [-0.2, -0.15) is 0 Å². The molecule has 3 amide bonds. The van der Waals surface area contributed by atoms with Crippen molar-refractivity contribution in [3.8, 4) is 12.3 Å². The number of urea groups is 1. The van der Waals surface area contributed by atoms with Crippen LogP contribution in [0.4, 0.5) is 4.79 Å². The Kier molecular flexibility index (Phi) is 4.54. The number of rotatable bonds is 3. The Labute approximate surface area is 105 Å². The zero-order chi connectivity index (χ0) is 13.7. The molecular weight excluding hydrogens is 238 g/mol. The third-order valence-corrected chi connectivity index (χ3v) is 2.62. The molecule has 1 aliphatic heterocycles. The molecular formula is C11H15N3O4. The van der Waals surface area contributed by atoms with Gasteiger partial charge in [0.1, 0.15) is 12.6 Å². The van der Waals surface area contributed by atoms with Gasteiger partial charge < -0.3 is 20.2 Å². The van der Waals surface area contributed by atoms with Gasteiger partial charge in [0.2, 0.25) is 5.91 Å². The molecule has 0 aromatic heterocycles. The number of nitrogens with zero attached hydrogens (tertiary/aromatic N) is 2. The number of carbonyl (C=O) groups excluding carboxylic acids is 2. The van der Waals surface area contributed by atoms with Crippen LogP contribution in [0, 0.1) is 12.3 Å². The molecule has 1 rings (SSSR count). The van der Waals surface area contributed by atoms with E-state index in [1.807, 2.05) is 0 Å². The Morgan fingerprint density at radius 3 is 2.89 bits per heavy atom. The van der Waals surface area contributed by atoms with Gasteiger partial charge in [0.05, 0.1) is 6.54 Å². The van der Waals surface area contributed by atoms with Crippen molar-refractivity contribution in [1.29, 1.82) is 0 Å². The van der Waals surface area contributed by atoms with Gasteiger partial charge in [-0.05, 0) is 6.92 Å².